The number of hydrogen-bond acceptors (Lipinski definition) is 2. The molecule has 0 aliphatic carbocycles. The predicted octanol–water partition coefficient (Wildman–Crippen LogP) is 6.91. The molecule has 2 nitrogen and oxygen atoms in total. The van der Waals surface area contributed by atoms with Crippen molar-refractivity contribution >= 4 is 14.3 Å². The number of unbranched alkanes of at least 4 members (excludes halogenated alkanes) is 4. The van der Waals surface area contributed by atoms with Crippen LogP contribution < -0.4 is 0 Å². The first-order valence-electron chi connectivity index (χ1n) is 9.59. The largest absolute Gasteiger partial charge is 0.324 e. The predicted molar refractivity (Wildman–Crippen MR) is 104 cm³/mol. The quantitative estimate of drug-likeness (QED) is 0.301. The van der Waals surface area contributed by atoms with Gasteiger partial charge in [-0.25, -0.2) is 0 Å². The van der Waals surface area contributed by atoms with E-state index in [-0.39, 0.29) is 0 Å². The van der Waals surface area contributed by atoms with Crippen LogP contribution in [0.25, 0.3) is 0 Å². The molecule has 134 valence electrons. The van der Waals surface area contributed by atoms with Gasteiger partial charge in [0.1, 0.15) is 0 Å². The Bertz CT molecular complexity index is 295. The van der Waals surface area contributed by atoms with Crippen LogP contribution in [0.3, 0.4) is 0 Å². The van der Waals surface area contributed by atoms with Crippen molar-refractivity contribution in [1.29, 1.82) is 0 Å². The van der Waals surface area contributed by atoms with Crippen molar-refractivity contribution in [2.75, 3.05) is 37.0 Å². The summed E-state index contributed by atoms with van der Waals surface area (Å²) in [6.07, 6.45) is 13.7. The van der Waals surface area contributed by atoms with Crippen LogP contribution in [0, 0.1) is 0 Å². The zero-order chi connectivity index (χ0) is 16.9. The molecule has 0 aromatic carbocycles. The summed E-state index contributed by atoms with van der Waals surface area (Å²) >= 11 is 0. The topological polar surface area (TPSA) is 34.1 Å². The third kappa shape index (κ3) is 10.3. The van der Waals surface area contributed by atoms with Crippen molar-refractivity contribution < 1.29 is 9.13 Å². The summed E-state index contributed by atoms with van der Waals surface area (Å²) in [6, 6.07) is 0. The van der Waals surface area contributed by atoms with E-state index in [0.717, 1.165) is 88.3 Å². The van der Waals surface area contributed by atoms with E-state index in [4.69, 9.17) is 0 Å². The maximum absolute atomic E-state index is 13.2. The van der Waals surface area contributed by atoms with Crippen LogP contribution in [0.1, 0.15) is 79.1 Å². The average molecular weight is 350 g/mol. The molecule has 0 radical (unpaired) electrons. The zero-order valence-corrected chi connectivity index (χ0v) is 17.4. The Morgan fingerprint density at radius 1 is 0.455 bits per heavy atom. The van der Waals surface area contributed by atoms with Gasteiger partial charge in [-0.05, 0) is 25.7 Å². The van der Waals surface area contributed by atoms with Crippen molar-refractivity contribution in [1.82, 2.24) is 0 Å². The first-order valence-corrected chi connectivity index (χ1v) is 14.1. The van der Waals surface area contributed by atoms with E-state index in [1.165, 1.54) is 0 Å². The summed E-state index contributed by atoms with van der Waals surface area (Å²) in [5.41, 5.74) is 0. The van der Waals surface area contributed by atoms with Crippen LogP contribution >= 0.6 is 14.3 Å². The van der Waals surface area contributed by atoms with E-state index in [9.17, 15) is 9.13 Å². The van der Waals surface area contributed by atoms with Gasteiger partial charge in [0.05, 0.1) is 14.3 Å². The van der Waals surface area contributed by atoms with Gasteiger partial charge in [-0.3, -0.25) is 0 Å². The van der Waals surface area contributed by atoms with Gasteiger partial charge in [0.25, 0.3) is 0 Å². The first kappa shape index (κ1) is 22.5. The third-order valence-corrected chi connectivity index (χ3v) is 11.5. The summed E-state index contributed by atoms with van der Waals surface area (Å²) in [7, 11) is -4.17. The van der Waals surface area contributed by atoms with Crippen LogP contribution in [-0.2, 0) is 9.13 Å². The van der Waals surface area contributed by atoms with Crippen LogP contribution in [0.15, 0.2) is 0 Å². The lowest BCUT2D eigenvalue weighted by molar-refractivity contribution is 0.563. The van der Waals surface area contributed by atoms with Gasteiger partial charge in [-0.1, -0.05) is 53.4 Å². The Hall–Kier alpha value is 0.460. The molecule has 0 fully saturated rings. The molecule has 0 aromatic heterocycles. The van der Waals surface area contributed by atoms with Gasteiger partial charge in [-0.2, -0.15) is 0 Å². The lowest BCUT2D eigenvalue weighted by atomic mass is 10.4. The standard InChI is InChI=1S/C18H40O2P2/c1-5-9-13-21(19,14-10-6-2)17-18-22(20,15-11-7-3)16-12-8-4/h5-18H2,1-4H3. The molecule has 0 N–H and O–H groups in total. The van der Waals surface area contributed by atoms with Gasteiger partial charge in [-0.15, -0.1) is 0 Å². The Morgan fingerprint density at radius 3 is 0.864 bits per heavy atom. The molecular weight excluding hydrogens is 310 g/mol. The van der Waals surface area contributed by atoms with Crippen LogP contribution in [0.5, 0.6) is 0 Å². The zero-order valence-electron chi connectivity index (χ0n) is 15.6. The maximum Gasteiger partial charge on any atom is 0.0882 e. The van der Waals surface area contributed by atoms with Crippen LogP contribution in [-0.4, -0.2) is 37.0 Å². The second-order valence-electron chi connectivity index (χ2n) is 6.87. The fourth-order valence-electron chi connectivity index (χ4n) is 2.82. The molecule has 0 spiro atoms. The molecule has 0 saturated carbocycles. The maximum atomic E-state index is 13.2. The van der Waals surface area contributed by atoms with Crippen molar-refractivity contribution in [2.24, 2.45) is 0 Å². The minimum absolute atomic E-state index is 0.748. The van der Waals surface area contributed by atoms with E-state index in [2.05, 4.69) is 27.7 Å². The highest BCUT2D eigenvalue weighted by atomic mass is 31.2. The third-order valence-electron chi connectivity index (χ3n) is 4.59. The Morgan fingerprint density at radius 2 is 0.682 bits per heavy atom. The minimum atomic E-state index is -2.09. The summed E-state index contributed by atoms with van der Waals surface area (Å²) in [4.78, 5) is 0. The van der Waals surface area contributed by atoms with E-state index < -0.39 is 14.3 Å². The molecule has 0 amide bonds. The van der Waals surface area contributed by atoms with E-state index in [1.54, 1.807) is 0 Å². The fraction of sp³-hybridized carbons (Fsp3) is 1.00. The van der Waals surface area contributed by atoms with Gasteiger partial charge >= 0.3 is 0 Å². The second kappa shape index (κ2) is 12.8. The smallest absolute Gasteiger partial charge is 0.0882 e. The fourth-order valence-corrected chi connectivity index (χ4v) is 10.6. The molecule has 4 heteroatoms. The summed E-state index contributed by atoms with van der Waals surface area (Å²) in [6.45, 7) is 8.66. The first-order chi connectivity index (χ1) is 10.4. The van der Waals surface area contributed by atoms with E-state index >= 15 is 0 Å². The normalized spacial score (nSPS) is 12.7. The molecule has 0 saturated heterocycles. The second-order valence-corrected chi connectivity index (χ2v) is 13.8. The minimum Gasteiger partial charge on any atom is -0.324 e. The molecule has 0 aromatic rings. The monoisotopic (exact) mass is 350 g/mol. The van der Waals surface area contributed by atoms with Crippen molar-refractivity contribution in [3.8, 4) is 0 Å². The van der Waals surface area contributed by atoms with Crippen molar-refractivity contribution in [2.45, 2.75) is 79.1 Å². The van der Waals surface area contributed by atoms with Gasteiger partial charge in [0.15, 0.2) is 0 Å². The molecule has 0 unspecified atom stereocenters. The molecule has 22 heavy (non-hydrogen) atoms. The van der Waals surface area contributed by atoms with Gasteiger partial charge in [0, 0.05) is 37.0 Å². The van der Waals surface area contributed by atoms with Gasteiger partial charge < -0.3 is 9.13 Å². The lowest BCUT2D eigenvalue weighted by Gasteiger charge is -2.23. The molecule has 0 bridgehead atoms. The van der Waals surface area contributed by atoms with E-state index in [1.807, 2.05) is 0 Å². The molecule has 0 heterocycles. The number of rotatable bonds is 15. The summed E-state index contributed by atoms with van der Waals surface area (Å²) in [5, 5.41) is 0. The molecule has 0 aliphatic heterocycles. The van der Waals surface area contributed by atoms with E-state index in [0.29, 0.717) is 0 Å². The highest BCUT2D eigenvalue weighted by Crippen LogP contribution is 2.54. The highest BCUT2D eigenvalue weighted by Gasteiger charge is 2.27. The molecular formula is C18H40O2P2. The Labute approximate surface area is 140 Å². The lowest BCUT2D eigenvalue weighted by Crippen LogP contribution is -2.08. The Balaban J connectivity index is 4.70. The SMILES string of the molecule is CCCCP(=O)(CCCC)CCP(=O)(CCCC)CCCC. The summed E-state index contributed by atoms with van der Waals surface area (Å²) in [5.74, 6) is 0. The molecule has 0 atom stereocenters. The summed E-state index contributed by atoms with van der Waals surface area (Å²) < 4.78 is 26.4. The van der Waals surface area contributed by atoms with Crippen LogP contribution in [0.4, 0.5) is 0 Å². The van der Waals surface area contributed by atoms with Gasteiger partial charge in [0.2, 0.25) is 0 Å². The highest BCUT2D eigenvalue weighted by molar-refractivity contribution is 7.67. The molecule has 0 aliphatic rings. The average Bonchev–Trinajstić information content (AvgIpc) is 2.53. The van der Waals surface area contributed by atoms with Crippen LogP contribution in [0.2, 0.25) is 0 Å². The van der Waals surface area contributed by atoms with Crippen molar-refractivity contribution in [3.05, 3.63) is 0 Å². The van der Waals surface area contributed by atoms with Crippen molar-refractivity contribution in [3.63, 3.8) is 0 Å². The molecule has 0 rings (SSSR count). The Kier molecular flexibility index (Phi) is 13.1. The number of hydrogen-bond donors (Lipinski definition) is 0.